The summed E-state index contributed by atoms with van der Waals surface area (Å²) in [5.74, 6) is 0.842. The third kappa shape index (κ3) is 4.08. The summed E-state index contributed by atoms with van der Waals surface area (Å²) in [6.07, 6.45) is 2.21. The Bertz CT molecular complexity index is 615. The van der Waals surface area contributed by atoms with Crippen LogP contribution in [0.15, 0.2) is 60.7 Å². The molecule has 2 nitrogen and oxygen atoms in total. The van der Waals surface area contributed by atoms with Gasteiger partial charge < -0.3 is 0 Å². The van der Waals surface area contributed by atoms with Crippen molar-refractivity contribution in [2.45, 2.75) is 32.2 Å². The van der Waals surface area contributed by atoms with Gasteiger partial charge in [-0.3, -0.25) is 9.69 Å². The van der Waals surface area contributed by atoms with Crippen LogP contribution in [-0.2, 0) is 11.3 Å². The second-order valence-corrected chi connectivity index (χ2v) is 6.60. The van der Waals surface area contributed by atoms with Gasteiger partial charge in [0.25, 0.3) is 0 Å². The van der Waals surface area contributed by atoms with Crippen molar-refractivity contribution < 1.29 is 4.79 Å². The van der Waals surface area contributed by atoms with Crippen LogP contribution in [0.25, 0.3) is 0 Å². The van der Waals surface area contributed by atoms with Crippen molar-refractivity contribution >= 4 is 5.78 Å². The van der Waals surface area contributed by atoms with Crippen molar-refractivity contribution in [3.8, 4) is 0 Å². The summed E-state index contributed by atoms with van der Waals surface area (Å²) in [4.78, 5) is 14.7. The number of carbonyl (C=O) groups is 1. The van der Waals surface area contributed by atoms with Crippen molar-refractivity contribution in [3.63, 3.8) is 0 Å². The average molecular weight is 307 g/mol. The Labute approximate surface area is 139 Å². The van der Waals surface area contributed by atoms with Gasteiger partial charge in [0.2, 0.25) is 0 Å². The monoisotopic (exact) mass is 307 g/mol. The molecule has 0 aliphatic carbocycles. The molecule has 0 amide bonds. The van der Waals surface area contributed by atoms with Crippen LogP contribution in [-0.4, -0.2) is 23.8 Å². The summed E-state index contributed by atoms with van der Waals surface area (Å²) in [6.45, 7) is 4.92. The van der Waals surface area contributed by atoms with Gasteiger partial charge in [0.15, 0.2) is 0 Å². The lowest BCUT2D eigenvalue weighted by Crippen LogP contribution is -2.36. The van der Waals surface area contributed by atoms with E-state index in [0.29, 0.717) is 11.7 Å². The van der Waals surface area contributed by atoms with E-state index in [4.69, 9.17) is 0 Å². The lowest BCUT2D eigenvalue weighted by atomic mass is 9.78. The van der Waals surface area contributed by atoms with Crippen LogP contribution in [0, 0.1) is 5.92 Å². The Morgan fingerprint density at radius 2 is 1.57 bits per heavy atom. The fourth-order valence-corrected chi connectivity index (χ4v) is 3.79. The van der Waals surface area contributed by atoms with Crippen LogP contribution in [0.2, 0.25) is 0 Å². The Balaban J connectivity index is 1.62. The lowest BCUT2D eigenvalue weighted by molar-refractivity contribution is -0.120. The van der Waals surface area contributed by atoms with Crippen LogP contribution in [0.3, 0.4) is 0 Å². The van der Waals surface area contributed by atoms with E-state index in [0.717, 1.165) is 32.5 Å². The molecular weight excluding hydrogens is 282 g/mol. The van der Waals surface area contributed by atoms with Gasteiger partial charge in [0, 0.05) is 12.5 Å². The first-order valence-electron chi connectivity index (χ1n) is 8.55. The number of Topliss-reactive ketones (excluding diaryl/α,β-unsaturated/α-hetero) is 1. The summed E-state index contributed by atoms with van der Waals surface area (Å²) in [7, 11) is 0. The smallest absolute Gasteiger partial charge is 0.137 e. The van der Waals surface area contributed by atoms with Gasteiger partial charge in [0.05, 0.1) is 0 Å². The number of piperidine rings is 1. The second-order valence-electron chi connectivity index (χ2n) is 6.60. The minimum Gasteiger partial charge on any atom is -0.299 e. The number of hydrogen-bond acceptors (Lipinski definition) is 2. The van der Waals surface area contributed by atoms with E-state index >= 15 is 0 Å². The van der Waals surface area contributed by atoms with Crippen molar-refractivity contribution in [3.05, 3.63) is 71.8 Å². The van der Waals surface area contributed by atoms with Crippen molar-refractivity contribution in [2.24, 2.45) is 5.92 Å². The predicted octanol–water partition coefficient (Wildman–Crippen LogP) is 4.27. The summed E-state index contributed by atoms with van der Waals surface area (Å²) in [5, 5.41) is 0. The SMILES string of the molecule is CC(=O)C(c1ccccc1)C1CCN(Cc2ccccc2)CC1. The predicted molar refractivity (Wildman–Crippen MR) is 94.3 cm³/mol. The molecule has 1 aliphatic rings. The van der Waals surface area contributed by atoms with Crippen LogP contribution < -0.4 is 0 Å². The van der Waals surface area contributed by atoms with Gasteiger partial charge in [0.1, 0.15) is 5.78 Å². The molecule has 1 aliphatic heterocycles. The second kappa shape index (κ2) is 7.56. The third-order valence-corrected chi connectivity index (χ3v) is 4.95. The molecule has 1 heterocycles. The summed E-state index contributed by atoms with van der Waals surface area (Å²) < 4.78 is 0. The van der Waals surface area contributed by atoms with Gasteiger partial charge in [-0.25, -0.2) is 0 Å². The van der Waals surface area contributed by atoms with Crippen LogP contribution in [0.5, 0.6) is 0 Å². The van der Waals surface area contributed by atoms with E-state index in [1.807, 2.05) is 18.2 Å². The summed E-state index contributed by atoms with van der Waals surface area (Å²) in [5.41, 5.74) is 2.55. The average Bonchev–Trinajstić information content (AvgIpc) is 2.58. The number of carbonyl (C=O) groups excluding carboxylic acids is 1. The summed E-state index contributed by atoms with van der Waals surface area (Å²) in [6, 6.07) is 20.9. The molecule has 2 aromatic rings. The molecule has 120 valence electrons. The molecule has 0 bridgehead atoms. The fraction of sp³-hybridized carbons (Fsp3) is 0.381. The zero-order valence-electron chi connectivity index (χ0n) is 13.8. The van der Waals surface area contributed by atoms with E-state index in [9.17, 15) is 4.79 Å². The molecule has 2 heteroatoms. The molecule has 0 N–H and O–H groups in total. The first-order chi connectivity index (χ1) is 11.2. The molecule has 1 atom stereocenters. The highest BCUT2D eigenvalue weighted by Gasteiger charge is 2.30. The minimum absolute atomic E-state index is 0.0649. The molecule has 1 fully saturated rings. The van der Waals surface area contributed by atoms with Gasteiger partial charge >= 0.3 is 0 Å². The van der Waals surface area contributed by atoms with Gasteiger partial charge in [-0.05, 0) is 49.9 Å². The van der Waals surface area contributed by atoms with E-state index in [1.54, 1.807) is 6.92 Å². The van der Waals surface area contributed by atoms with Gasteiger partial charge in [-0.15, -0.1) is 0 Å². The summed E-state index contributed by atoms with van der Waals surface area (Å²) >= 11 is 0. The normalized spacial score (nSPS) is 17.8. The Hall–Kier alpha value is -1.93. The zero-order valence-corrected chi connectivity index (χ0v) is 13.8. The largest absolute Gasteiger partial charge is 0.299 e. The van der Waals surface area contributed by atoms with Crippen molar-refractivity contribution in [1.29, 1.82) is 0 Å². The minimum atomic E-state index is 0.0649. The van der Waals surface area contributed by atoms with Gasteiger partial charge in [-0.1, -0.05) is 60.7 Å². The highest BCUT2D eigenvalue weighted by atomic mass is 16.1. The fourth-order valence-electron chi connectivity index (χ4n) is 3.79. The molecular formula is C21H25NO. The topological polar surface area (TPSA) is 20.3 Å². The lowest BCUT2D eigenvalue weighted by Gasteiger charge is -2.35. The Kier molecular flexibility index (Phi) is 5.24. The highest BCUT2D eigenvalue weighted by molar-refractivity contribution is 5.83. The molecule has 23 heavy (non-hydrogen) atoms. The van der Waals surface area contributed by atoms with E-state index in [1.165, 1.54) is 11.1 Å². The Morgan fingerprint density at radius 3 is 2.13 bits per heavy atom. The van der Waals surface area contributed by atoms with Crippen LogP contribution in [0.1, 0.15) is 36.8 Å². The molecule has 3 rings (SSSR count). The highest BCUT2D eigenvalue weighted by Crippen LogP contribution is 2.33. The molecule has 1 saturated heterocycles. The molecule has 1 unspecified atom stereocenters. The Morgan fingerprint density at radius 1 is 1.00 bits per heavy atom. The number of benzene rings is 2. The number of rotatable bonds is 5. The van der Waals surface area contributed by atoms with Crippen LogP contribution >= 0.6 is 0 Å². The van der Waals surface area contributed by atoms with Crippen LogP contribution in [0.4, 0.5) is 0 Å². The molecule has 0 saturated carbocycles. The number of nitrogens with zero attached hydrogens (tertiary/aromatic N) is 1. The maximum atomic E-state index is 12.2. The first-order valence-corrected chi connectivity index (χ1v) is 8.55. The van der Waals surface area contributed by atoms with Crippen molar-refractivity contribution in [2.75, 3.05) is 13.1 Å². The number of likely N-dealkylation sites (tertiary alicyclic amines) is 1. The zero-order chi connectivity index (χ0) is 16.1. The maximum Gasteiger partial charge on any atom is 0.137 e. The standard InChI is InChI=1S/C21H25NO/c1-17(23)21(19-10-6-3-7-11-19)20-12-14-22(15-13-20)16-18-8-4-2-5-9-18/h2-11,20-21H,12-16H2,1H3. The number of hydrogen-bond donors (Lipinski definition) is 0. The number of ketones is 1. The van der Waals surface area contributed by atoms with E-state index in [-0.39, 0.29) is 5.92 Å². The quantitative estimate of drug-likeness (QED) is 0.822. The molecule has 0 radical (unpaired) electrons. The maximum absolute atomic E-state index is 12.2. The molecule has 2 aromatic carbocycles. The first kappa shape index (κ1) is 15.9. The molecule has 0 spiro atoms. The van der Waals surface area contributed by atoms with Crippen molar-refractivity contribution in [1.82, 2.24) is 4.90 Å². The van der Waals surface area contributed by atoms with E-state index in [2.05, 4.69) is 47.4 Å². The third-order valence-electron chi connectivity index (χ3n) is 4.95. The van der Waals surface area contributed by atoms with E-state index < -0.39 is 0 Å². The van der Waals surface area contributed by atoms with Gasteiger partial charge in [-0.2, -0.15) is 0 Å². The molecule has 0 aromatic heterocycles.